The molecule has 0 aromatic carbocycles. The molecule has 0 spiro atoms. The van der Waals surface area contributed by atoms with E-state index >= 15 is 0 Å². The minimum atomic E-state index is -1.20. The topological polar surface area (TPSA) is 209 Å². The number of aliphatic hydroxyl groups is 2. The van der Waals surface area contributed by atoms with Gasteiger partial charge in [-0.25, -0.2) is 15.0 Å². The van der Waals surface area contributed by atoms with Crippen molar-refractivity contribution in [1.29, 1.82) is 0 Å². The molecule has 1 fully saturated rings. The smallest absolute Gasteiger partial charge is 0.320 e. The second-order valence-corrected chi connectivity index (χ2v) is 7.00. The van der Waals surface area contributed by atoms with Crippen LogP contribution in [0.1, 0.15) is 31.9 Å². The molecule has 154 valence electrons. The number of carboxylic acids is 1. The van der Waals surface area contributed by atoms with Gasteiger partial charge in [-0.05, 0) is 25.7 Å². The number of carboxylic acid groups (broad SMARTS) is 1. The molecule has 0 amide bonds. The lowest BCUT2D eigenvalue weighted by atomic mass is 9.98. The van der Waals surface area contributed by atoms with Crippen LogP contribution < -0.4 is 17.2 Å². The third-order valence-corrected chi connectivity index (χ3v) is 4.94. The summed E-state index contributed by atoms with van der Waals surface area (Å²) in [6, 6.07) is -1.26. The van der Waals surface area contributed by atoms with E-state index < -0.39 is 36.6 Å². The number of hydrogen-bond donors (Lipinski definition) is 6. The Bertz CT molecular complexity index is 831. The Kier molecular flexibility index (Phi) is 6.05. The van der Waals surface area contributed by atoms with E-state index in [1.165, 1.54) is 17.2 Å². The number of nitrogens with zero attached hydrogens (tertiary/aromatic N) is 4. The Balaban J connectivity index is 1.62. The van der Waals surface area contributed by atoms with E-state index in [0.29, 0.717) is 36.8 Å². The standard InChI is InChI=1S/C16H25N7O5/c17-7(2-1-3-8(18)16(26)27)4-9-11(24)12(25)15(28-9)23-6-22-10-13(19)20-5-21-14(10)23/h5-9,11-12,15,24-25H,1-4,17-18H2,(H,26,27)(H2,19,20,21)/t7-,8-,9+,11-,12?,15+/m0/s1. The van der Waals surface area contributed by atoms with Crippen LogP contribution >= 0.6 is 0 Å². The fourth-order valence-corrected chi connectivity index (χ4v) is 3.35. The molecule has 6 atom stereocenters. The largest absolute Gasteiger partial charge is 0.480 e. The number of rotatable bonds is 8. The molecule has 0 bridgehead atoms. The van der Waals surface area contributed by atoms with E-state index in [-0.39, 0.29) is 11.9 Å². The van der Waals surface area contributed by atoms with E-state index in [1.54, 1.807) is 0 Å². The van der Waals surface area contributed by atoms with Gasteiger partial charge in [0.15, 0.2) is 17.7 Å². The lowest BCUT2D eigenvalue weighted by molar-refractivity contribution is -0.138. The van der Waals surface area contributed by atoms with Gasteiger partial charge in [-0.2, -0.15) is 0 Å². The summed E-state index contributed by atoms with van der Waals surface area (Å²) in [4.78, 5) is 22.8. The van der Waals surface area contributed by atoms with Crippen molar-refractivity contribution in [3.05, 3.63) is 12.7 Å². The first-order valence-corrected chi connectivity index (χ1v) is 8.98. The van der Waals surface area contributed by atoms with Crippen molar-refractivity contribution in [3.8, 4) is 0 Å². The van der Waals surface area contributed by atoms with E-state index in [1.807, 2.05) is 0 Å². The van der Waals surface area contributed by atoms with Crippen LogP contribution in [0.4, 0.5) is 5.82 Å². The average Bonchev–Trinajstić information content (AvgIpc) is 3.19. The molecule has 12 heteroatoms. The van der Waals surface area contributed by atoms with Crippen LogP contribution in [0.5, 0.6) is 0 Å². The first-order valence-electron chi connectivity index (χ1n) is 8.98. The minimum absolute atomic E-state index is 0.204. The molecule has 0 radical (unpaired) electrons. The van der Waals surface area contributed by atoms with Crippen molar-refractivity contribution in [2.45, 2.75) is 62.3 Å². The fraction of sp³-hybridized carbons (Fsp3) is 0.625. The Morgan fingerprint density at radius 1 is 1.21 bits per heavy atom. The SMILES string of the molecule is Nc1ncnc2c1ncn2[C@@H]1O[C@H](C[C@@H](N)CCC[C@H](N)C(=O)O)[C@H](O)C1O. The molecular formula is C16H25N7O5. The highest BCUT2D eigenvalue weighted by atomic mass is 16.6. The second-order valence-electron chi connectivity index (χ2n) is 7.00. The van der Waals surface area contributed by atoms with Gasteiger partial charge in [0, 0.05) is 6.04 Å². The summed E-state index contributed by atoms with van der Waals surface area (Å²) in [5.41, 5.74) is 18.1. The zero-order chi connectivity index (χ0) is 20.4. The highest BCUT2D eigenvalue weighted by Crippen LogP contribution is 2.33. The minimum Gasteiger partial charge on any atom is -0.480 e. The van der Waals surface area contributed by atoms with Crippen molar-refractivity contribution in [3.63, 3.8) is 0 Å². The Morgan fingerprint density at radius 3 is 2.68 bits per heavy atom. The number of carbonyl (C=O) groups is 1. The summed E-state index contributed by atoms with van der Waals surface area (Å²) < 4.78 is 7.34. The molecule has 0 saturated carbocycles. The van der Waals surface area contributed by atoms with Crippen LogP contribution in [0.25, 0.3) is 11.2 Å². The van der Waals surface area contributed by atoms with Crippen molar-refractivity contribution < 1.29 is 24.9 Å². The second kappa shape index (κ2) is 8.32. The lowest BCUT2D eigenvalue weighted by Crippen LogP contribution is -2.36. The van der Waals surface area contributed by atoms with Gasteiger partial charge in [0.25, 0.3) is 0 Å². The molecule has 2 aromatic heterocycles. The zero-order valence-corrected chi connectivity index (χ0v) is 15.1. The average molecular weight is 395 g/mol. The molecule has 1 aliphatic rings. The zero-order valence-electron chi connectivity index (χ0n) is 15.1. The van der Waals surface area contributed by atoms with Crippen LogP contribution in [0, 0.1) is 0 Å². The maximum absolute atomic E-state index is 10.7. The monoisotopic (exact) mass is 395 g/mol. The number of hydrogen-bond acceptors (Lipinski definition) is 10. The number of anilines is 1. The van der Waals surface area contributed by atoms with E-state index in [9.17, 15) is 15.0 Å². The van der Waals surface area contributed by atoms with Crippen LogP contribution in [-0.4, -0.2) is 71.2 Å². The van der Waals surface area contributed by atoms with Crippen molar-refractivity contribution in [1.82, 2.24) is 19.5 Å². The molecule has 1 unspecified atom stereocenters. The van der Waals surface area contributed by atoms with Crippen molar-refractivity contribution >= 4 is 23.0 Å². The summed E-state index contributed by atoms with van der Waals surface area (Å²) in [5, 5.41) is 29.6. The molecule has 2 aromatic rings. The molecule has 0 aliphatic carbocycles. The summed E-state index contributed by atoms with van der Waals surface area (Å²) in [5.74, 6) is -0.846. The maximum Gasteiger partial charge on any atom is 0.320 e. The van der Waals surface area contributed by atoms with Gasteiger partial charge in [-0.15, -0.1) is 0 Å². The first-order chi connectivity index (χ1) is 13.3. The lowest BCUT2D eigenvalue weighted by Gasteiger charge is -2.19. The molecule has 3 rings (SSSR count). The quantitative estimate of drug-likeness (QED) is 0.297. The summed E-state index contributed by atoms with van der Waals surface area (Å²) in [6.45, 7) is 0. The highest BCUT2D eigenvalue weighted by Gasteiger charge is 2.44. The van der Waals surface area contributed by atoms with Crippen LogP contribution in [-0.2, 0) is 9.53 Å². The van der Waals surface area contributed by atoms with Crippen molar-refractivity contribution in [2.24, 2.45) is 11.5 Å². The van der Waals surface area contributed by atoms with E-state index in [2.05, 4.69) is 15.0 Å². The Morgan fingerprint density at radius 2 is 1.96 bits per heavy atom. The third kappa shape index (κ3) is 4.05. The van der Waals surface area contributed by atoms with Gasteiger partial charge < -0.3 is 37.3 Å². The molecule has 28 heavy (non-hydrogen) atoms. The normalized spacial score (nSPS) is 27.1. The third-order valence-electron chi connectivity index (χ3n) is 4.94. The molecule has 9 N–H and O–H groups in total. The van der Waals surface area contributed by atoms with Gasteiger partial charge in [-0.1, -0.05) is 0 Å². The predicted octanol–water partition coefficient (Wildman–Crippen LogP) is -1.67. The van der Waals surface area contributed by atoms with E-state index in [0.717, 1.165) is 0 Å². The highest BCUT2D eigenvalue weighted by molar-refractivity contribution is 5.81. The van der Waals surface area contributed by atoms with E-state index in [4.69, 9.17) is 27.0 Å². The number of aliphatic hydroxyl groups excluding tert-OH is 2. The number of ether oxygens (including phenoxy) is 1. The Labute approximate surface area is 160 Å². The van der Waals surface area contributed by atoms with Gasteiger partial charge in [0.05, 0.1) is 12.4 Å². The molecule has 1 saturated heterocycles. The van der Waals surface area contributed by atoms with Crippen LogP contribution in [0.3, 0.4) is 0 Å². The van der Waals surface area contributed by atoms with Gasteiger partial charge in [0.1, 0.15) is 30.1 Å². The summed E-state index contributed by atoms with van der Waals surface area (Å²) in [6.07, 6.45) is 0.421. The fourth-order valence-electron chi connectivity index (χ4n) is 3.35. The number of aliphatic carboxylic acids is 1. The molecule has 3 heterocycles. The molecule has 1 aliphatic heterocycles. The maximum atomic E-state index is 10.7. The van der Waals surface area contributed by atoms with Crippen LogP contribution in [0.2, 0.25) is 0 Å². The van der Waals surface area contributed by atoms with Gasteiger partial charge >= 0.3 is 5.97 Å². The van der Waals surface area contributed by atoms with Gasteiger partial charge in [-0.3, -0.25) is 9.36 Å². The number of aromatic nitrogens is 4. The Hall–Kier alpha value is -2.38. The van der Waals surface area contributed by atoms with Crippen LogP contribution in [0.15, 0.2) is 12.7 Å². The van der Waals surface area contributed by atoms with Gasteiger partial charge in [0.2, 0.25) is 0 Å². The molecular weight excluding hydrogens is 370 g/mol. The van der Waals surface area contributed by atoms with Crippen molar-refractivity contribution in [2.75, 3.05) is 5.73 Å². The number of nitrogens with two attached hydrogens (primary N) is 3. The predicted molar refractivity (Wildman–Crippen MR) is 97.7 cm³/mol. The summed E-state index contributed by atoms with van der Waals surface area (Å²) >= 11 is 0. The molecule has 12 nitrogen and oxygen atoms in total. The first kappa shape index (κ1) is 20.4. The number of fused-ring (bicyclic) bond motifs is 1. The number of imidazole rings is 1. The number of nitrogen functional groups attached to an aromatic ring is 1. The summed E-state index contributed by atoms with van der Waals surface area (Å²) in [7, 11) is 0.